The van der Waals surface area contributed by atoms with Gasteiger partial charge in [0.15, 0.2) is 0 Å². The van der Waals surface area contributed by atoms with Gasteiger partial charge in [-0.3, -0.25) is 9.78 Å². The first-order valence-electron chi connectivity index (χ1n) is 9.69. The number of nitrogens with zero attached hydrogens (tertiary/aromatic N) is 1. The minimum atomic E-state index is -0.799. The molecule has 4 rings (SSSR count). The highest BCUT2D eigenvalue weighted by Gasteiger charge is 2.14. The summed E-state index contributed by atoms with van der Waals surface area (Å²) in [7, 11) is 0.918. The third kappa shape index (κ3) is 5.17. The van der Waals surface area contributed by atoms with Crippen molar-refractivity contribution in [3.63, 3.8) is 0 Å². The maximum absolute atomic E-state index is 12.8. The molecule has 2 aromatic heterocycles. The fourth-order valence-corrected chi connectivity index (χ4v) is 5.30. The van der Waals surface area contributed by atoms with E-state index in [4.69, 9.17) is 10.3 Å². The minimum absolute atomic E-state index is 0.245. The highest BCUT2D eigenvalue weighted by Crippen LogP contribution is 2.38. The van der Waals surface area contributed by atoms with Crippen LogP contribution < -0.4 is 16.4 Å². The zero-order valence-corrected chi connectivity index (χ0v) is 18.7. The first-order valence-corrected chi connectivity index (χ1v) is 12.1. The van der Waals surface area contributed by atoms with Crippen LogP contribution in [0, 0.1) is 0 Å². The number of carbonyl (C=O) groups excluding carboxylic acids is 1. The molecule has 2 aromatic carbocycles. The molecule has 31 heavy (non-hydrogen) atoms. The fourth-order valence-electron chi connectivity index (χ4n) is 3.12. The Hall–Kier alpha value is -3.05. The number of aromatic nitrogens is 1. The molecule has 0 aliphatic rings. The Morgan fingerprint density at radius 3 is 2.61 bits per heavy atom. The summed E-state index contributed by atoms with van der Waals surface area (Å²) in [6.45, 7) is 0. The molecule has 156 valence electrons. The number of pyridine rings is 1. The summed E-state index contributed by atoms with van der Waals surface area (Å²) < 4.78 is 5.68. The van der Waals surface area contributed by atoms with Crippen LogP contribution in [0.25, 0.3) is 11.1 Å². The zero-order chi connectivity index (χ0) is 21.6. The van der Waals surface area contributed by atoms with Crippen LogP contribution in [0.15, 0.2) is 83.7 Å². The molecule has 7 heteroatoms. The third-order valence-corrected chi connectivity index (χ3v) is 7.42. The van der Waals surface area contributed by atoms with Crippen LogP contribution in [-0.2, 0) is 10.7 Å². The van der Waals surface area contributed by atoms with Crippen molar-refractivity contribution in [1.29, 1.82) is 0 Å². The molecule has 1 unspecified atom stereocenters. The SMILES string of the molecule is COP(Cc1ccc(C(=O)Nc2cc(-c3ccsc3)ccc2N)cn1)c1ccccc1. The molecule has 2 heterocycles. The summed E-state index contributed by atoms with van der Waals surface area (Å²) in [6, 6.07) is 21.5. The van der Waals surface area contributed by atoms with Gasteiger partial charge in [-0.2, -0.15) is 11.3 Å². The second-order valence-electron chi connectivity index (χ2n) is 6.86. The van der Waals surface area contributed by atoms with Crippen molar-refractivity contribution < 1.29 is 9.32 Å². The number of amides is 1. The first-order chi connectivity index (χ1) is 15.1. The monoisotopic (exact) mass is 447 g/mol. The van der Waals surface area contributed by atoms with Crippen molar-refractivity contribution in [3.8, 4) is 11.1 Å². The molecule has 5 nitrogen and oxygen atoms in total. The minimum Gasteiger partial charge on any atom is -0.397 e. The van der Waals surface area contributed by atoms with Crippen molar-refractivity contribution in [2.24, 2.45) is 0 Å². The molecular formula is C24H22N3O2PS. The topological polar surface area (TPSA) is 77.2 Å². The van der Waals surface area contributed by atoms with E-state index in [9.17, 15) is 4.79 Å². The van der Waals surface area contributed by atoms with Crippen LogP contribution in [0.5, 0.6) is 0 Å². The highest BCUT2D eigenvalue weighted by atomic mass is 32.1. The maximum Gasteiger partial charge on any atom is 0.257 e. The van der Waals surface area contributed by atoms with Gasteiger partial charge in [0.1, 0.15) is 0 Å². The van der Waals surface area contributed by atoms with Gasteiger partial charge in [0, 0.05) is 30.5 Å². The Bertz CT molecular complexity index is 1150. The molecular weight excluding hydrogens is 425 g/mol. The van der Waals surface area contributed by atoms with E-state index in [0.29, 0.717) is 23.1 Å². The van der Waals surface area contributed by atoms with Gasteiger partial charge in [0.25, 0.3) is 5.91 Å². The number of benzene rings is 2. The molecule has 4 aromatic rings. The Morgan fingerprint density at radius 1 is 1.10 bits per heavy atom. The number of nitrogen functional groups attached to an aromatic ring is 1. The summed E-state index contributed by atoms with van der Waals surface area (Å²) in [5.41, 5.74) is 10.6. The average Bonchev–Trinajstić information content (AvgIpc) is 3.35. The van der Waals surface area contributed by atoms with E-state index < -0.39 is 8.15 Å². The van der Waals surface area contributed by atoms with Gasteiger partial charge in [-0.15, -0.1) is 0 Å². The Labute approximate surface area is 186 Å². The molecule has 0 radical (unpaired) electrons. The van der Waals surface area contributed by atoms with Gasteiger partial charge in [0.2, 0.25) is 0 Å². The van der Waals surface area contributed by atoms with Gasteiger partial charge in [0.05, 0.1) is 25.1 Å². The lowest BCUT2D eigenvalue weighted by molar-refractivity contribution is 0.102. The van der Waals surface area contributed by atoms with Gasteiger partial charge < -0.3 is 15.6 Å². The third-order valence-electron chi connectivity index (χ3n) is 4.81. The summed E-state index contributed by atoms with van der Waals surface area (Å²) in [5.74, 6) is -0.245. The summed E-state index contributed by atoms with van der Waals surface area (Å²) in [4.78, 5) is 17.2. The van der Waals surface area contributed by atoms with E-state index >= 15 is 0 Å². The largest absolute Gasteiger partial charge is 0.397 e. The average molecular weight is 448 g/mol. The van der Waals surface area contributed by atoms with Gasteiger partial charge in [-0.25, -0.2) is 0 Å². The van der Waals surface area contributed by atoms with Crippen molar-refractivity contribution >= 4 is 42.1 Å². The van der Waals surface area contributed by atoms with E-state index in [0.717, 1.165) is 22.1 Å². The first kappa shape index (κ1) is 21.2. The van der Waals surface area contributed by atoms with E-state index in [1.165, 1.54) is 0 Å². The highest BCUT2D eigenvalue weighted by molar-refractivity contribution is 7.60. The van der Waals surface area contributed by atoms with Crippen LogP contribution in [0.1, 0.15) is 16.1 Å². The molecule has 0 spiro atoms. The van der Waals surface area contributed by atoms with Crippen LogP contribution in [0.3, 0.4) is 0 Å². The molecule has 0 saturated carbocycles. The van der Waals surface area contributed by atoms with Crippen molar-refractivity contribution in [1.82, 2.24) is 4.98 Å². The van der Waals surface area contributed by atoms with E-state index in [1.807, 2.05) is 47.8 Å². The van der Waals surface area contributed by atoms with Crippen molar-refractivity contribution in [2.75, 3.05) is 18.2 Å². The normalized spacial score (nSPS) is 11.8. The molecule has 1 amide bonds. The number of hydrogen-bond acceptors (Lipinski definition) is 5. The molecule has 0 aliphatic heterocycles. The van der Waals surface area contributed by atoms with Crippen molar-refractivity contribution in [2.45, 2.75) is 6.16 Å². The number of thiophene rings is 1. The molecule has 3 N–H and O–H groups in total. The summed E-state index contributed by atoms with van der Waals surface area (Å²) in [6.07, 6.45) is 2.28. The van der Waals surface area contributed by atoms with Crippen LogP contribution in [-0.4, -0.2) is 18.0 Å². The molecule has 0 fully saturated rings. The lowest BCUT2D eigenvalue weighted by atomic mass is 10.1. The Morgan fingerprint density at radius 2 is 1.94 bits per heavy atom. The second kappa shape index (κ2) is 9.84. The van der Waals surface area contributed by atoms with Gasteiger partial charge >= 0.3 is 0 Å². The predicted octanol–water partition coefficient (Wildman–Crippen LogP) is 5.51. The number of anilines is 2. The van der Waals surface area contributed by atoms with E-state index in [2.05, 4.69) is 27.8 Å². The standard InChI is InChI=1S/C24H22N3O2PS/c1-29-30(21-5-3-2-4-6-21)15-20-9-7-18(14-26-20)24(28)27-23-13-17(8-10-22(23)25)19-11-12-31-16-19/h2-14,16H,15,25H2,1H3,(H,27,28). The summed E-state index contributed by atoms with van der Waals surface area (Å²) in [5, 5.41) is 8.14. The summed E-state index contributed by atoms with van der Waals surface area (Å²) >= 11 is 1.63. The maximum atomic E-state index is 12.8. The molecule has 0 bridgehead atoms. The van der Waals surface area contributed by atoms with Crippen LogP contribution in [0.4, 0.5) is 11.4 Å². The van der Waals surface area contributed by atoms with Crippen LogP contribution in [0.2, 0.25) is 0 Å². The van der Waals surface area contributed by atoms with Gasteiger partial charge in [-0.1, -0.05) is 36.4 Å². The lowest BCUT2D eigenvalue weighted by Gasteiger charge is -2.15. The van der Waals surface area contributed by atoms with Gasteiger partial charge in [-0.05, 0) is 52.2 Å². The van der Waals surface area contributed by atoms with Crippen molar-refractivity contribution in [3.05, 3.63) is 94.9 Å². The number of carbonyl (C=O) groups is 1. The Kier molecular flexibility index (Phi) is 6.73. The Balaban J connectivity index is 1.46. The fraction of sp³-hybridized carbons (Fsp3) is 0.0833. The number of nitrogens with one attached hydrogen (secondary N) is 1. The molecule has 0 saturated heterocycles. The van der Waals surface area contributed by atoms with E-state index in [-0.39, 0.29) is 5.91 Å². The molecule has 0 aliphatic carbocycles. The number of rotatable bonds is 7. The second-order valence-corrected chi connectivity index (χ2v) is 9.60. The number of hydrogen-bond donors (Lipinski definition) is 2. The zero-order valence-electron chi connectivity index (χ0n) is 17.0. The molecule has 1 atom stereocenters. The number of nitrogens with two attached hydrogens (primary N) is 1. The lowest BCUT2D eigenvalue weighted by Crippen LogP contribution is -2.14. The predicted molar refractivity (Wildman–Crippen MR) is 130 cm³/mol. The van der Waals surface area contributed by atoms with E-state index in [1.54, 1.807) is 36.8 Å². The van der Waals surface area contributed by atoms with Crippen LogP contribution >= 0.6 is 19.5 Å². The smallest absolute Gasteiger partial charge is 0.257 e. The quantitative estimate of drug-likeness (QED) is 0.289.